The zero-order chi connectivity index (χ0) is 16.0. The number of carboxylic acids is 1. The Labute approximate surface area is 131 Å². The van der Waals surface area contributed by atoms with Crippen molar-refractivity contribution < 1.29 is 19.5 Å². The van der Waals surface area contributed by atoms with Crippen molar-refractivity contribution in [2.45, 2.75) is 19.9 Å². The highest BCUT2D eigenvalue weighted by Gasteiger charge is 2.23. The van der Waals surface area contributed by atoms with Crippen molar-refractivity contribution >= 4 is 33.7 Å². The number of hydrogen-bond acceptors (Lipinski definition) is 3. The lowest BCUT2D eigenvalue weighted by Crippen LogP contribution is -2.48. The van der Waals surface area contributed by atoms with Crippen LogP contribution in [0, 0.1) is 5.92 Å². The first-order valence-corrected chi connectivity index (χ1v) is 7.17. The summed E-state index contributed by atoms with van der Waals surface area (Å²) in [6.45, 7) is 3.11. The number of aliphatic carboxylic acids is 1. The van der Waals surface area contributed by atoms with Crippen molar-refractivity contribution in [1.29, 1.82) is 0 Å². The molecule has 1 atom stereocenters. The molecule has 0 saturated heterocycles. The van der Waals surface area contributed by atoms with Gasteiger partial charge in [-0.1, -0.05) is 26.0 Å². The van der Waals surface area contributed by atoms with Crippen LogP contribution in [0.15, 0.2) is 28.7 Å². The summed E-state index contributed by atoms with van der Waals surface area (Å²) in [5, 5.41) is 13.8. The Bertz CT molecular complexity index is 546. The van der Waals surface area contributed by atoms with Crippen LogP contribution in [0.3, 0.4) is 0 Å². The Morgan fingerprint density at radius 3 is 2.38 bits per heavy atom. The van der Waals surface area contributed by atoms with E-state index < -0.39 is 23.8 Å². The van der Waals surface area contributed by atoms with Gasteiger partial charge in [-0.25, -0.2) is 4.79 Å². The highest BCUT2D eigenvalue weighted by atomic mass is 79.9. The van der Waals surface area contributed by atoms with E-state index in [1.807, 2.05) is 0 Å². The van der Waals surface area contributed by atoms with Crippen LogP contribution in [-0.2, 0) is 9.59 Å². The second kappa shape index (κ2) is 7.78. The van der Waals surface area contributed by atoms with E-state index in [9.17, 15) is 14.4 Å². The third-order valence-corrected chi connectivity index (χ3v) is 3.47. The molecule has 2 amide bonds. The third-order valence-electron chi connectivity index (χ3n) is 2.78. The summed E-state index contributed by atoms with van der Waals surface area (Å²) in [5.41, 5.74) is 0.406. The maximum absolute atomic E-state index is 11.9. The largest absolute Gasteiger partial charge is 0.480 e. The summed E-state index contributed by atoms with van der Waals surface area (Å²) < 4.78 is 0.619. The van der Waals surface area contributed by atoms with E-state index in [1.54, 1.807) is 38.1 Å². The van der Waals surface area contributed by atoms with Crippen LogP contribution in [0.25, 0.3) is 0 Å². The number of carbonyl (C=O) groups is 3. The zero-order valence-corrected chi connectivity index (χ0v) is 13.3. The molecule has 0 aromatic heterocycles. The molecule has 1 aromatic rings. The topological polar surface area (TPSA) is 95.5 Å². The lowest BCUT2D eigenvalue weighted by atomic mass is 10.1. The molecule has 0 aliphatic carbocycles. The Kier molecular flexibility index (Phi) is 6.36. The molecule has 0 bridgehead atoms. The minimum Gasteiger partial charge on any atom is -0.480 e. The maximum atomic E-state index is 11.9. The molecule has 21 heavy (non-hydrogen) atoms. The Hall–Kier alpha value is -1.89. The quantitative estimate of drug-likeness (QED) is 0.717. The summed E-state index contributed by atoms with van der Waals surface area (Å²) in [7, 11) is 0. The molecular formula is C14H17BrN2O4. The van der Waals surface area contributed by atoms with Crippen LogP contribution < -0.4 is 10.6 Å². The van der Waals surface area contributed by atoms with E-state index in [2.05, 4.69) is 26.6 Å². The first-order valence-electron chi connectivity index (χ1n) is 6.37. The fourth-order valence-corrected chi connectivity index (χ4v) is 2.10. The van der Waals surface area contributed by atoms with Gasteiger partial charge in [0.1, 0.15) is 6.04 Å². The number of rotatable bonds is 6. The molecule has 3 N–H and O–H groups in total. The van der Waals surface area contributed by atoms with E-state index >= 15 is 0 Å². The minimum absolute atomic E-state index is 0.245. The number of amides is 2. The highest BCUT2D eigenvalue weighted by Crippen LogP contribution is 2.15. The maximum Gasteiger partial charge on any atom is 0.326 e. The molecule has 0 fully saturated rings. The van der Waals surface area contributed by atoms with Crippen molar-refractivity contribution in [3.63, 3.8) is 0 Å². The van der Waals surface area contributed by atoms with Gasteiger partial charge in [-0.3, -0.25) is 9.59 Å². The number of carboxylic acid groups (broad SMARTS) is 1. The van der Waals surface area contributed by atoms with Gasteiger partial charge in [0.25, 0.3) is 5.91 Å². The zero-order valence-electron chi connectivity index (χ0n) is 11.7. The Morgan fingerprint density at radius 1 is 1.24 bits per heavy atom. The lowest BCUT2D eigenvalue weighted by molar-refractivity contribution is -0.142. The summed E-state index contributed by atoms with van der Waals surface area (Å²) in [6, 6.07) is 5.84. The SMILES string of the molecule is CC(C)[C@H](NC(=O)CNC(=O)c1ccccc1Br)C(=O)O. The summed E-state index contributed by atoms with van der Waals surface area (Å²) in [5.74, 6) is -2.30. The summed E-state index contributed by atoms with van der Waals surface area (Å²) in [4.78, 5) is 34.5. The van der Waals surface area contributed by atoms with E-state index in [0.29, 0.717) is 10.0 Å². The molecule has 0 radical (unpaired) electrons. The van der Waals surface area contributed by atoms with Gasteiger partial charge in [-0.2, -0.15) is 0 Å². The van der Waals surface area contributed by atoms with Crippen molar-refractivity contribution in [1.82, 2.24) is 10.6 Å². The second-order valence-electron chi connectivity index (χ2n) is 4.79. The third kappa shape index (κ3) is 5.18. The Morgan fingerprint density at radius 2 is 1.86 bits per heavy atom. The van der Waals surface area contributed by atoms with E-state index in [-0.39, 0.29) is 12.5 Å². The lowest BCUT2D eigenvalue weighted by Gasteiger charge is -2.18. The fourth-order valence-electron chi connectivity index (χ4n) is 1.64. The van der Waals surface area contributed by atoms with Crippen LogP contribution in [0.1, 0.15) is 24.2 Å². The molecule has 1 rings (SSSR count). The molecule has 114 valence electrons. The van der Waals surface area contributed by atoms with Crippen LogP contribution in [0.4, 0.5) is 0 Å². The van der Waals surface area contributed by atoms with E-state index in [0.717, 1.165) is 0 Å². The minimum atomic E-state index is -1.10. The van der Waals surface area contributed by atoms with Gasteiger partial charge in [-0.15, -0.1) is 0 Å². The average molecular weight is 357 g/mol. The van der Waals surface area contributed by atoms with Gasteiger partial charge in [0.05, 0.1) is 12.1 Å². The fraction of sp³-hybridized carbons (Fsp3) is 0.357. The molecule has 0 spiro atoms. The van der Waals surface area contributed by atoms with Gasteiger partial charge in [-0.05, 0) is 34.0 Å². The second-order valence-corrected chi connectivity index (χ2v) is 5.64. The number of halogens is 1. The molecular weight excluding hydrogens is 340 g/mol. The predicted octanol–water partition coefficient (Wildman–Crippen LogP) is 1.40. The summed E-state index contributed by atoms with van der Waals surface area (Å²) >= 11 is 3.24. The molecule has 0 heterocycles. The average Bonchev–Trinajstić information content (AvgIpc) is 2.42. The van der Waals surface area contributed by atoms with Crippen molar-refractivity contribution in [3.8, 4) is 0 Å². The van der Waals surface area contributed by atoms with Crippen molar-refractivity contribution in [2.75, 3.05) is 6.54 Å². The monoisotopic (exact) mass is 356 g/mol. The van der Waals surface area contributed by atoms with Crippen molar-refractivity contribution in [3.05, 3.63) is 34.3 Å². The number of carbonyl (C=O) groups excluding carboxylic acids is 2. The number of benzene rings is 1. The highest BCUT2D eigenvalue weighted by molar-refractivity contribution is 9.10. The van der Waals surface area contributed by atoms with Gasteiger partial charge < -0.3 is 15.7 Å². The molecule has 1 aromatic carbocycles. The van der Waals surface area contributed by atoms with Gasteiger partial charge in [0.2, 0.25) is 5.91 Å². The van der Waals surface area contributed by atoms with Crippen LogP contribution >= 0.6 is 15.9 Å². The first kappa shape index (κ1) is 17.2. The smallest absolute Gasteiger partial charge is 0.326 e. The van der Waals surface area contributed by atoms with Crippen LogP contribution in [0.5, 0.6) is 0 Å². The number of nitrogens with one attached hydrogen (secondary N) is 2. The molecule has 0 aliphatic rings. The normalized spacial score (nSPS) is 11.8. The van der Waals surface area contributed by atoms with E-state index in [1.165, 1.54) is 0 Å². The molecule has 6 nitrogen and oxygen atoms in total. The first-order chi connectivity index (χ1) is 9.82. The molecule has 7 heteroatoms. The molecule has 0 saturated carbocycles. The summed E-state index contributed by atoms with van der Waals surface area (Å²) in [6.07, 6.45) is 0. The van der Waals surface area contributed by atoms with E-state index in [4.69, 9.17) is 5.11 Å². The van der Waals surface area contributed by atoms with Gasteiger partial charge >= 0.3 is 5.97 Å². The van der Waals surface area contributed by atoms with Gasteiger partial charge in [0.15, 0.2) is 0 Å². The molecule has 0 aliphatic heterocycles. The standard InChI is InChI=1S/C14H17BrN2O4/c1-8(2)12(14(20)21)17-11(18)7-16-13(19)9-5-3-4-6-10(9)15/h3-6,8,12H,7H2,1-2H3,(H,16,19)(H,17,18)(H,20,21)/t12-/m0/s1. The van der Waals surface area contributed by atoms with Crippen LogP contribution in [-0.4, -0.2) is 35.5 Å². The van der Waals surface area contributed by atoms with Crippen molar-refractivity contribution in [2.24, 2.45) is 5.92 Å². The number of hydrogen-bond donors (Lipinski definition) is 3. The molecule has 0 unspecified atom stereocenters. The Balaban J connectivity index is 2.55. The van der Waals surface area contributed by atoms with Gasteiger partial charge in [0, 0.05) is 4.47 Å². The van der Waals surface area contributed by atoms with Crippen LogP contribution in [0.2, 0.25) is 0 Å². The predicted molar refractivity (Wildman–Crippen MR) is 80.9 cm³/mol.